The van der Waals surface area contributed by atoms with Crippen molar-refractivity contribution in [2.24, 2.45) is 5.84 Å². The number of hydrogen-bond acceptors (Lipinski definition) is 3. The average Bonchev–Trinajstić information content (AvgIpc) is 2.45. The monoisotopic (exact) mass is 400 g/mol. The predicted octanol–water partition coefficient (Wildman–Crippen LogP) is 3.61. The Hall–Kier alpha value is -1.18. The van der Waals surface area contributed by atoms with Crippen molar-refractivity contribution in [3.8, 4) is 5.75 Å². The van der Waals surface area contributed by atoms with Gasteiger partial charge < -0.3 is 4.74 Å². The molecular formula is C16H18FIN2O. The van der Waals surface area contributed by atoms with Crippen LogP contribution in [0.15, 0.2) is 30.3 Å². The Morgan fingerprint density at radius 3 is 2.43 bits per heavy atom. The fourth-order valence-electron chi connectivity index (χ4n) is 2.43. The molecule has 0 fully saturated rings. The van der Waals surface area contributed by atoms with E-state index in [4.69, 9.17) is 10.6 Å². The number of ether oxygens (including phenoxy) is 1. The number of methoxy groups -OCH3 is 1. The second kappa shape index (κ2) is 6.72. The van der Waals surface area contributed by atoms with Crippen molar-refractivity contribution in [1.82, 2.24) is 5.43 Å². The molecule has 3 nitrogen and oxygen atoms in total. The SMILES string of the molecule is COc1cc(C)c(C(NN)c2ccc(F)cc2I)cc1C. The van der Waals surface area contributed by atoms with Gasteiger partial charge in [-0.15, -0.1) is 0 Å². The van der Waals surface area contributed by atoms with Crippen LogP contribution < -0.4 is 16.0 Å². The molecule has 0 aromatic heterocycles. The molecule has 0 spiro atoms. The maximum Gasteiger partial charge on any atom is 0.124 e. The molecule has 2 aromatic carbocycles. The number of benzene rings is 2. The first kappa shape index (κ1) is 16.2. The quantitative estimate of drug-likeness (QED) is 0.469. The highest BCUT2D eigenvalue weighted by Crippen LogP contribution is 2.32. The zero-order valence-electron chi connectivity index (χ0n) is 12.2. The Bertz CT molecular complexity index is 661. The van der Waals surface area contributed by atoms with Crippen LogP contribution >= 0.6 is 22.6 Å². The summed E-state index contributed by atoms with van der Waals surface area (Å²) in [5.74, 6) is 6.35. The van der Waals surface area contributed by atoms with Gasteiger partial charge in [0.25, 0.3) is 0 Å². The maximum atomic E-state index is 13.3. The van der Waals surface area contributed by atoms with Crippen molar-refractivity contribution in [3.63, 3.8) is 0 Å². The van der Waals surface area contributed by atoms with Crippen LogP contribution in [-0.2, 0) is 0 Å². The zero-order chi connectivity index (χ0) is 15.6. The third kappa shape index (κ3) is 3.36. The second-order valence-electron chi connectivity index (χ2n) is 4.94. The minimum atomic E-state index is -0.249. The summed E-state index contributed by atoms with van der Waals surface area (Å²) in [5.41, 5.74) is 6.95. The highest BCUT2D eigenvalue weighted by molar-refractivity contribution is 14.1. The zero-order valence-corrected chi connectivity index (χ0v) is 14.4. The normalized spacial score (nSPS) is 12.3. The van der Waals surface area contributed by atoms with Crippen LogP contribution in [0.25, 0.3) is 0 Å². The summed E-state index contributed by atoms with van der Waals surface area (Å²) < 4.78 is 19.5. The van der Waals surface area contributed by atoms with Gasteiger partial charge in [-0.05, 0) is 76.9 Å². The van der Waals surface area contributed by atoms with Crippen LogP contribution in [0.3, 0.4) is 0 Å². The largest absolute Gasteiger partial charge is 0.496 e. The molecule has 21 heavy (non-hydrogen) atoms. The lowest BCUT2D eigenvalue weighted by Crippen LogP contribution is -2.30. The topological polar surface area (TPSA) is 47.3 Å². The van der Waals surface area contributed by atoms with Gasteiger partial charge in [-0.3, -0.25) is 5.84 Å². The van der Waals surface area contributed by atoms with E-state index in [1.165, 1.54) is 12.1 Å². The molecule has 0 aliphatic carbocycles. The molecule has 3 N–H and O–H groups in total. The Kier molecular flexibility index (Phi) is 5.18. The Morgan fingerprint density at radius 1 is 1.14 bits per heavy atom. The maximum absolute atomic E-state index is 13.3. The number of nitrogens with one attached hydrogen (secondary N) is 1. The van der Waals surface area contributed by atoms with Gasteiger partial charge in [0, 0.05) is 3.57 Å². The summed E-state index contributed by atoms with van der Waals surface area (Å²) in [6, 6.07) is 8.58. The Labute approximate surface area is 137 Å². The number of aryl methyl sites for hydroxylation is 2. The van der Waals surface area contributed by atoms with Crippen LogP contribution in [0.2, 0.25) is 0 Å². The van der Waals surface area contributed by atoms with Gasteiger partial charge in [0.05, 0.1) is 13.2 Å². The number of nitrogens with two attached hydrogens (primary N) is 1. The third-order valence-electron chi connectivity index (χ3n) is 3.53. The summed E-state index contributed by atoms with van der Waals surface area (Å²) in [7, 11) is 1.66. The molecule has 0 amide bonds. The van der Waals surface area contributed by atoms with E-state index in [0.29, 0.717) is 0 Å². The van der Waals surface area contributed by atoms with Crippen LogP contribution in [0.4, 0.5) is 4.39 Å². The van der Waals surface area contributed by atoms with E-state index >= 15 is 0 Å². The number of rotatable bonds is 4. The molecule has 2 aromatic rings. The number of hydrogen-bond donors (Lipinski definition) is 2. The van der Waals surface area contributed by atoms with Crippen molar-refractivity contribution in [2.75, 3.05) is 7.11 Å². The molecule has 0 radical (unpaired) electrons. The lowest BCUT2D eigenvalue weighted by molar-refractivity contribution is 0.411. The molecule has 0 aliphatic heterocycles. The van der Waals surface area contributed by atoms with E-state index in [1.807, 2.05) is 19.9 Å². The minimum absolute atomic E-state index is 0.192. The van der Waals surface area contributed by atoms with E-state index in [1.54, 1.807) is 13.2 Å². The third-order valence-corrected chi connectivity index (χ3v) is 4.47. The Morgan fingerprint density at radius 2 is 1.86 bits per heavy atom. The van der Waals surface area contributed by atoms with Gasteiger partial charge in [-0.2, -0.15) is 0 Å². The fourth-order valence-corrected chi connectivity index (χ4v) is 3.21. The van der Waals surface area contributed by atoms with Gasteiger partial charge in [-0.25, -0.2) is 9.82 Å². The van der Waals surface area contributed by atoms with E-state index < -0.39 is 0 Å². The molecule has 0 saturated carbocycles. The van der Waals surface area contributed by atoms with Crippen molar-refractivity contribution >= 4 is 22.6 Å². The first-order chi connectivity index (χ1) is 9.97. The lowest BCUT2D eigenvalue weighted by Gasteiger charge is -2.22. The first-order valence-electron chi connectivity index (χ1n) is 6.54. The smallest absolute Gasteiger partial charge is 0.124 e. The van der Waals surface area contributed by atoms with Gasteiger partial charge in [-0.1, -0.05) is 12.1 Å². The highest BCUT2D eigenvalue weighted by atomic mass is 127. The molecule has 2 rings (SSSR count). The predicted molar refractivity (Wildman–Crippen MR) is 90.8 cm³/mol. The highest BCUT2D eigenvalue weighted by Gasteiger charge is 2.19. The van der Waals surface area contributed by atoms with Gasteiger partial charge >= 0.3 is 0 Å². The molecule has 1 unspecified atom stereocenters. The van der Waals surface area contributed by atoms with Crippen molar-refractivity contribution in [1.29, 1.82) is 0 Å². The molecular weight excluding hydrogens is 382 g/mol. The van der Waals surface area contributed by atoms with Crippen LogP contribution in [0.1, 0.15) is 28.3 Å². The molecule has 0 heterocycles. The number of hydrazine groups is 1. The second-order valence-corrected chi connectivity index (χ2v) is 6.11. The fraction of sp³-hybridized carbons (Fsp3) is 0.250. The number of halogens is 2. The average molecular weight is 400 g/mol. The first-order valence-corrected chi connectivity index (χ1v) is 7.62. The van der Waals surface area contributed by atoms with E-state index in [0.717, 1.165) is 31.6 Å². The van der Waals surface area contributed by atoms with Crippen molar-refractivity contribution in [2.45, 2.75) is 19.9 Å². The summed E-state index contributed by atoms with van der Waals surface area (Å²) in [5, 5.41) is 0. The van der Waals surface area contributed by atoms with E-state index in [-0.39, 0.29) is 11.9 Å². The molecule has 0 aliphatic rings. The summed E-state index contributed by atoms with van der Waals surface area (Å²) in [4.78, 5) is 0. The van der Waals surface area contributed by atoms with E-state index in [9.17, 15) is 4.39 Å². The summed E-state index contributed by atoms with van der Waals surface area (Å²) >= 11 is 2.13. The summed E-state index contributed by atoms with van der Waals surface area (Å²) in [6.45, 7) is 4.00. The van der Waals surface area contributed by atoms with Crippen LogP contribution in [0.5, 0.6) is 5.75 Å². The molecule has 1 atom stereocenters. The molecule has 112 valence electrons. The van der Waals surface area contributed by atoms with Gasteiger partial charge in [0.1, 0.15) is 11.6 Å². The molecule has 0 bridgehead atoms. The van der Waals surface area contributed by atoms with Crippen molar-refractivity contribution in [3.05, 3.63) is 62.0 Å². The van der Waals surface area contributed by atoms with Crippen molar-refractivity contribution < 1.29 is 9.13 Å². The van der Waals surface area contributed by atoms with E-state index in [2.05, 4.69) is 34.1 Å². The van der Waals surface area contributed by atoms with Gasteiger partial charge in [0.2, 0.25) is 0 Å². The van der Waals surface area contributed by atoms with Crippen LogP contribution in [-0.4, -0.2) is 7.11 Å². The molecule has 0 saturated heterocycles. The minimum Gasteiger partial charge on any atom is -0.496 e. The molecule has 5 heteroatoms. The van der Waals surface area contributed by atoms with Gasteiger partial charge in [0.15, 0.2) is 0 Å². The van der Waals surface area contributed by atoms with Crippen LogP contribution in [0, 0.1) is 23.2 Å². The summed E-state index contributed by atoms with van der Waals surface area (Å²) in [6.07, 6.45) is 0. The Balaban J connectivity index is 2.53. The lowest BCUT2D eigenvalue weighted by atomic mass is 9.93. The standard InChI is InChI=1S/C16H18FIN2O/c1-9-7-15(21-3)10(2)6-13(9)16(20-19)12-5-4-11(17)8-14(12)18/h4-8,16,20H,19H2,1-3H3.